The standard InChI is InChI=1S/C11H14INO4S/c1-17-11(14)3-2-8-18(15,16)13-10-6-4-9(12)5-7-10/h4-7,13H,2-3,8H2,1H3. The summed E-state index contributed by atoms with van der Waals surface area (Å²) >= 11 is 2.14. The van der Waals surface area contributed by atoms with Gasteiger partial charge in [0.1, 0.15) is 0 Å². The molecule has 7 heteroatoms. The Kier molecular flexibility index (Phi) is 5.86. The van der Waals surface area contributed by atoms with Crippen molar-refractivity contribution in [3.8, 4) is 0 Å². The number of esters is 1. The van der Waals surface area contributed by atoms with Crippen LogP contribution >= 0.6 is 22.6 Å². The maximum Gasteiger partial charge on any atom is 0.305 e. The van der Waals surface area contributed by atoms with Crippen LogP contribution in [-0.4, -0.2) is 27.2 Å². The average Bonchev–Trinajstić information content (AvgIpc) is 2.31. The van der Waals surface area contributed by atoms with Crippen molar-refractivity contribution in [2.24, 2.45) is 0 Å². The van der Waals surface area contributed by atoms with Crippen molar-refractivity contribution in [1.82, 2.24) is 0 Å². The minimum atomic E-state index is -3.41. The molecule has 1 rings (SSSR count). The van der Waals surface area contributed by atoms with Crippen LogP contribution < -0.4 is 4.72 Å². The van der Waals surface area contributed by atoms with Crippen molar-refractivity contribution in [3.05, 3.63) is 27.8 Å². The first kappa shape index (κ1) is 15.2. The van der Waals surface area contributed by atoms with Crippen molar-refractivity contribution in [2.75, 3.05) is 17.6 Å². The molecule has 1 aromatic carbocycles. The molecule has 5 nitrogen and oxygen atoms in total. The molecule has 0 spiro atoms. The number of nitrogens with one attached hydrogen (secondary N) is 1. The van der Waals surface area contributed by atoms with Gasteiger partial charge in [-0.2, -0.15) is 0 Å². The summed E-state index contributed by atoms with van der Waals surface area (Å²) in [6, 6.07) is 7.01. The quantitative estimate of drug-likeness (QED) is 0.603. The normalized spacial score (nSPS) is 11.0. The zero-order valence-corrected chi connectivity index (χ0v) is 12.8. The molecule has 0 aliphatic rings. The van der Waals surface area contributed by atoms with Gasteiger partial charge in [0.25, 0.3) is 0 Å². The number of ether oxygens (including phenoxy) is 1. The molecule has 0 unspecified atom stereocenters. The van der Waals surface area contributed by atoms with E-state index in [1.54, 1.807) is 12.1 Å². The molecular formula is C11H14INO4S. The largest absolute Gasteiger partial charge is 0.469 e. The number of benzene rings is 1. The number of carbonyl (C=O) groups is 1. The van der Waals surface area contributed by atoms with E-state index in [4.69, 9.17) is 0 Å². The highest BCUT2D eigenvalue weighted by Gasteiger charge is 2.11. The summed E-state index contributed by atoms with van der Waals surface area (Å²) in [7, 11) is -2.13. The summed E-state index contributed by atoms with van der Waals surface area (Å²) < 4.78 is 31.3. The van der Waals surface area contributed by atoms with Gasteiger partial charge < -0.3 is 4.74 Å². The summed E-state index contributed by atoms with van der Waals surface area (Å²) in [5, 5.41) is 0. The number of rotatable bonds is 6. The lowest BCUT2D eigenvalue weighted by Crippen LogP contribution is -2.17. The first-order valence-electron chi connectivity index (χ1n) is 5.26. The van der Waals surface area contributed by atoms with Crippen LogP contribution in [0, 0.1) is 3.57 Å². The van der Waals surface area contributed by atoms with Crippen molar-refractivity contribution < 1.29 is 17.9 Å². The Morgan fingerprint density at radius 3 is 2.50 bits per heavy atom. The van der Waals surface area contributed by atoms with Gasteiger partial charge in [-0.1, -0.05) is 0 Å². The van der Waals surface area contributed by atoms with E-state index in [2.05, 4.69) is 32.0 Å². The third-order valence-corrected chi connectivity index (χ3v) is 4.23. The van der Waals surface area contributed by atoms with Gasteiger partial charge in [0.15, 0.2) is 0 Å². The predicted octanol–water partition coefficient (Wildman–Crippen LogP) is 1.99. The number of halogens is 1. The Balaban J connectivity index is 2.49. The Bertz CT molecular complexity index is 498. The van der Waals surface area contributed by atoms with E-state index in [-0.39, 0.29) is 18.6 Å². The van der Waals surface area contributed by atoms with E-state index < -0.39 is 16.0 Å². The molecule has 0 saturated carbocycles. The van der Waals surface area contributed by atoms with Crippen LogP contribution in [0.5, 0.6) is 0 Å². The second-order valence-corrected chi connectivity index (χ2v) is 6.70. The highest BCUT2D eigenvalue weighted by Crippen LogP contribution is 2.13. The lowest BCUT2D eigenvalue weighted by atomic mass is 10.3. The third kappa shape index (κ3) is 5.67. The molecule has 0 aliphatic heterocycles. The van der Waals surface area contributed by atoms with Gasteiger partial charge in [-0.15, -0.1) is 0 Å². The minimum Gasteiger partial charge on any atom is -0.469 e. The lowest BCUT2D eigenvalue weighted by Gasteiger charge is -2.07. The van der Waals surface area contributed by atoms with Gasteiger partial charge in [0.2, 0.25) is 10.0 Å². The highest BCUT2D eigenvalue weighted by atomic mass is 127. The molecule has 100 valence electrons. The second kappa shape index (κ2) is 6.93. The first-order chi connectivity index (χ1) is 8.43. The van der Waals surface area contributed by atoms with Gasteiger partial charge in [0.05, 0.1) is 12.9 Å². The molecule has 0 aromatic heterocycles. The number of hydrogen-bond donors (Lipinski definition) is 1. The molecule has 18 heavy (non-hydrogen) atoms. The van der Waals surface area contributed by atoms with E-state index in [9.17, 15) is 13.2 Å². The Morgan fingerprint density at radius 1 is 1.33 bits per heavy atom. The number of carbonyl (C=O) groups excluding carboxylic acids is 1. The molecule has 1 N–H and O–H groups in total. The maximum atomic E-state index is 11.7. The fourth-order valence-electron chi connectivity index (χ4n) is 1.26. The van der Waals surface area contributed by atoms with Crippen LogP contribution in [-0.2, 0) is 19.6 Å². The zero-order valence-electron chi connectivity index (χ0n) is 9.85. The topological polar surface area (TPSA) is 72.5 Å². The van der Waals surface area contributed by atoms with Crippen LogP contribution in [0.1, 0.15) is 12.8 Å². The molecule has 0 aliphatic carbocycles. The summed E-state index contributed by atoms with van der Waals surface area (Å²) in [5.74, 6) is -0.506. The van der Waals surface area contributed by atoms with E-state index in [1.165, 1.54) is 7.11 Å². The van der Waals surface area contributed by atoms with Crippen LogP contribution in [0.25, 0.3) is 0 Å². The number of methoxy groups -OCH3 is 1. The smallest absolute Gasteiger partial charge is 0.305 e. The lowest BCUT2D eigenvalue weighted by molar-refractivity contribution is -0.140. The minimum absolute atomic E-state index is 0.101. The van der Waals surface area contributed by atoms with Crippen molar-refractivity contribution in [2.45, 2.75) is 12.8 Å². The molecule has 0 radical (unpaired) electrons. The molecule has 0 bridgehead atoms. The average molecular weight is 383 g/mol. The second-order valence-electron chi connectivity index (χ2n) is 3.61. The van der Waals surface area contributed by atoms with Gasteiger partial charge in [-0.3, -0.25) is 9.52 Å². The Morgan fingerprint density at radius 2 is 1.94 bits per heavy atom. The first-order valence-corrected chi connectivity index (χ1v) is 7.99. The monoisotopic (exact) mass is 383 g/mol. The predicted molar refractivity (Wildman–Crippen MR) is 77.8 cm³/mol. The third-order valence-electron chi connectivity index (χ3n) is 2.14. The highest BCUT2D eigenvalue weighted by molar-refractivity contribution is 14.1. The van der Waals surface area contributed by atoms with Crippen LogP contribution in [0.4, 0.5) is 5.69 Å². The molecule has 0 amide bonds. The molecule has 0 fully saturated rings. The van der Waals surface area contributed by atoms with Gasteiger partial charge in [-0.05, 0) is 53.3 Å². The summed E-state index contributed by atoms with van der Waals surface area (Å²) in [6.07, 6.45) is 0.344. The van der Waals surface area contributed by atoms with Crippen LogP contribution in [0.15, 0.2) is 24.3 Å². The summed E-state index contributed by atoms with van der Waals surface area (Å²) in [4.78, 5) is 10.9. The number of hydrogen-bond acceptors (Lipinski definition) is 4. The fraction of sp³-hybridized carbons (Fsp3) is 0.364. The molecule has 1 aromatic rings. The molecular weight excluding hydrogens is 369 g/mol. The maximum absolute atomic E-state index is 11.7. The van der Waals surface area contributed by atoms with E-state index in [1.807, 2.05) is 12.1 Å². The Labute approximate surface area is 120 Å². The molecule has 0 saturated heterocycles. The summed E-state index contributed by atoms with van der Waals surface area (Å²) in [6.45, 7) is 0. The SMILES string of the molecule is COC(=O)CCCS(=O)(=O)Nc1ccc(I)cc1. The zero-order chi connectivity index (χ0) is 13.6. The fourth-order valence-corrected chi connectivity index (χ4v) is 2.74. The van der Waals surface area contributed by atoms with E-state index >= 15 is 0 Å². The van der Waals surface area contributed by atoms with E-state index in [0.29, 0.717) is 5.69 Å². The number of sulfonamides is 1. The molecule has 0 atom stereocenters. The van der Waals surface area contributed by atoms with Crippen molar-refractivity contribution in [3.63, 3.8) is 0 Å². The van der Waals surface area contributed by atoms with Crippen molar-refractivity contribution in [1.29, 1.82) is 0 Å². The van der Waals surface area contributed by atoms with E-state index in [0.717, 1.165) is 3.57 Å². The van der Waals surface area contributed by atoms with Gasteiger partial charge in [0, 0.05) is 15.7 Å². The van der Waals surface area contributed by atoms with Gasteiger partial charge >= 0.3 is 5.97 Å². The van der Waals surface area contributed by atoms with Crippen LogP contribution in [0.2, 0.25) is 0 Å². The molecule has 0 heterocycles. The Hall–Kier alpha value is -0.830. The van der Waals surface area contributed by atoms with Crippen LogP contribution in [0.3, 0.4) is 0 Å². The van der Waals surface area contributed by atoms with Gasteiger partial charge in [-0.25, -0.2) is 8.42 Å². The number of anilines is 1. The van der Waals surface area contributed by atoms with Crippen molar-refractivity contribution >= 4 is 44.3 Å². The summed E-state index contributed by atoms with van der Waals surface area (Å²) in [5.41, 5.74) is 0.522.